The van der Waals surface area contributed by atoms with E-state index in [1.807, 2.05) is 0 Å². The normalized spacial score (nSPS) is 21.8. The Morgan fingerprint density at radius 2 is 2.27 bits per heavy atom. The molecule has 2 heteroatoms. The lowest BCUT2D eigenvalue weighted by Crippen LogP contribution is -1.82. The molecule has 11 heavy (non-hydrogen) atoms. The molecule has 1 heterocycles. The lowest BCUT2D eigenvalue weighted by molar-refractivity contribution is 0.415. The molecule has 1 aliphatic rings. The summed E-state index contributed by atoms with van der Waals surface area (Å²) >= 11 is 3.46. The first-order chi connectivity index (χ1) is 5.27. The van der Waals surface area contributed by atoms with E-state index < -0.39 is 0 Å². The van der Waals surface area contributed by atoms with E-state index in [9.17, 15) is 0 Å². The maximum absolute atomic E-state index is 5.17. The quantitative estimate of drug-likeness (QED) is 0.653. The number of halogens is 1. The Labute approximate surface area is 74.5 Å². The van der Waals surface area contributed by atoms with Crippen molar-refractivity contribution in [1.29, 1.82) is 0 Å². The Hall–Kier alpha value is -0.340. The van der Waals surface area contributed by atoms with E-state index in [1.54, 1.807) is 0 Å². The molecule has 1 aliphatic heterocycles. The third-order valence-corrected chi connectivity index (χ3v) is 2.78. The topological polar surface area (TPSA) is 12.5 Å². The molecule has 0 amide bonds. The van der Waals surface area contributed by atoms with Crippen LogP contribution < -0.4 is 0 Å². The molecular weight excluding hydrogens is 204 g/mol. The van der Waals surface area contributed by atoms with Gasteiger partial charge in [-0.2, -0.15) is 0 Å². The molecule has 1 atom stereocenters. The predicted molar refractivity (Wildman–Crippen MR) is 47.6 cm³/mol. The minimum atomic E-state index is 0.377. The summed E-state index contributed by atoms with van der Waals surface area (Å²) in [6, 6.07) is 6.35. The summed E-state index contributed by atoms with van der Waals surface area (Å²) in [4.78, 5) is 0. The van der Waals surface area contributed by atoms with Crippen LogP contribution in [0.4, 0.5) is 0 Å². The molecule has 1 nitrogen and oxygen atoms in total. The lowest BCUT2D eigenvalue weighted by atomic mass is 10.1. The van der Waals surface area contributed by atoms with Crippen molar-refractivity contribution in [1.82, 2.24) is 0 Å². The Morgan fingerprint density at radius 3 is 2.82 bits per heavy atom. The minimum absolute atomic E-state index is 0.377. The molecule has 1 fully saturated rings. The zero-order valence-corrected chi connectivity index (χ0v) is 7.89. The van der Waals surface area contributed by atoms with Crippen LogP contribution in [0.25, 0.3) is 0 Å². The molecule has 0 aromatic heterocycles. The fraction of sp³-hybridized carbons (Fsp3) is 0.333. The van der Waals surface area contributed by atoms with E-state index >= 15 is 0 Å². The molecule has 1 saturated heterocycles. The molecule has 1 aromatic rings. The van der Waals surface area contributed by atoms with Gasteiger partial charge in [-0.1, -0.05) is 28.1 Å². The first kappa shape index (κ1) is 7.32. The van der Waals surface area contributed by atoms with Gasteiger partial charge in [0.15, 0.2) is 0 Å². The van der Waals surface area contributed by atoms with Gasteiger partial charge in [-0.05, 0) is 24.1 Å². The molecule has 0 N–H and O–H groups in total. The summed E-state index contributed by atoms with van der Waals surface area (Å²) in [7, 11) is 0. The summed E-state index contributed by atoms with van der Waals surface area (Å²) in [5.41, 5.74) is 2.57. The van der Waals surface area contributed by atoms with Crippen LogP contribution in [0, 0.1) is 6.92 Å². The van der Waals surface area contributed by atoms with Crippen molar-refractivity contribution < 1.29 is 4.74 Å². The van der Waals surface area contributed by atoms with E-state index in [1.165, 1.54) is 15.6 Å². The molecule has 0 spiro atoms. The Kier molecular flexibility index (Phi) is 1.74. The van der Waals surface area contributed by atoms with E-state index in [-0.39, 0.29) is 0 Å². The van der Waals surface area contributed by atoms with Crippen LogP contribution in [-0.4, -0.2) is 6.61 Å². The molecule has 0 radical (unpaired) electrons. The van der Waals surface area contributed by atoms with Gasteiger partial charge in [0.1, 0.15) is 6.10 Å². The standard InChI is InChI=1S/C9H9BrO/c1-6-4-7(9-5-11-9)2-3-8(6)10/h2-4,9H,5H2,1H3/t9-/m0/s1. The number of epoxide rings is 1. The SMILES string of the molecule is Cc1cc([C@@H]2CO2)ccc1Br. The number of rotatable bonds is 1. The first-order valence-corrected chi connectivity index (χ1v) is 4.44. The van der Waals surface area contributed by atoms with Crippen molar-refractivity contribution in [3.05, 3.63) is 33.8 Å². The van der Waals surface area contributed by atoms with Gasteiger partial charge in [0, 0.05) is 4.47 Å². The van der Waals surface area contributed by atoms with Gasteiger partial charge >= 0.3 is 0 Å². The number of benzene rings is 1. The summed E-state index contributed by atoms with van der Waals surface area (Å²) < 4.78 is 6.34. The van der Waals surface area contributed by atoms with Crippen LogP contribution in [0.2, 0.25) is 0 Å². The molecule has 0 saturated carbocycles. The number of ether oxygens (including phenoxy) is 1. The van der Waals surface area contributed by atoms with Crippen LogP contribution in [0.1, 0.15) is 17.2 Å². The second-order valence-corrected chi connectivity index (χ2v) is 3.68. The van der Waals surface area contributed by atoms with Crippen LogP contribution in [-0.2, 0) is 4.74 Å². The molecule has 0 aliphatic carbocycles. The first-order valence-electron chi connectivity index (χ1n) is 3.65. The van der Waals surface area contributed by atoms with Gasteiger partial charge < -0.3 is 4.74 Å². The highest BCUT2D eigenvalue weighted by atomic mass is 79.9. The minimum Gasteiger partial charge on any atom is -0.368 e. The molecule has 0 unspecified atom stereocenters. The van der Waals surface area contributed by atoms with Crippen molar-refractivity contribution >= 4 is 15.9 Å². The molecule has 1 aromatic carbocycles. The average Bonchev–Trinajstić information content (AvgIpc) is 2.77. The highest BCUT2D eigenvalue weighted by Crippen LogP contribution is 2.31. The smallest absolute Gasteiger partial charge is 0.106 e. The summed E-state index contributed by atoms with van der Waals surface area (Å²) in [5.74, 6) is 0. The Bertz CT molecular complexity index is 279. The van der Waals surface area contributed by atoms with Crippen LogP contribution in [0.5, 0.6) is 0 Å². The maximum atomic E-state index is 5.17. The zero-order valence-electron chi connectivity index (χ0n) is 6.30. The van der Waals surface area contributed by atoms with Crippen molar-refractivity contribution in [2.24, 2.45) is 0 Å². The lowest BCUT2D eigenvalue weighted by Gasteiger charge is -1.99. The van der Waals surface area contributed by atoms with Gasteiger partial charge in [-0.3, -0.25) is 0 Å². The van der Waals surface area contributed by atoms with E-state index in [4.69, 9.17) is 4.74 Å². The Morgan fingerprint density at radius 1 is 1.55 bits per heavy atom. The predicted octanol–water partition coefficient (Wildman–Crippen LogP) is 2.83. The number of hydrogen-bond donors (Lipinski definition) is 0. The fourth-order valence-electron chi connectivity index (χ4n) is 1.11. The second-order valence-electron chi connectivity index (χ2n) is 2.83. The van der Waals surface area contributed by atoms with Crippen molar-refractivity contribution in [3.8, 4) is 0 Å². The van der Waals surface area contributed by atoms with E-state index in [0.29, 0.717) is 6.10 Å². The van der Waals surface area contributed by atoms with Gasteiger partial charge in [0.05, 0.1) is 6.61 Å². The molecule has 58 valence electrons. The second kappa shape index (κ2) is 2.61. The van der Waals surface area contributed by atoms with Crippen LogP contribution in [0.3, 0.4) is 0 Å². The monoisotopic (exact) mass is 212 g/mol. The summed E-state index contributed by atoms with van der Waals surface area (Å²) in [6.07, 6.45) is 0.377. The van der Waals surface area contributed by atoms with Crippen molar-refractivity contribution in [2.45, 2.75) is 13.0 Å². The van der Waals surface area contributed by atoms with Crippen molar-refractivity contribution in [2.75, 3.05) is 6.61 Å². The van der Waals surface area contributed by atoms with Gasteiger partial charge in [0.2, 0.25) is 0 Å². The number of hydrogen-bond acceptors (Lipinski definition) is 1. The highest BCUT2D eigenvalue weighted by molar-refractivity contribution is 9.10. The van der Waals surface area contributed by atoms with Crippen LogP contribution >= 0.6 is 15.9 Å². The van der Waals surface area contributed by atoms with Crippen molar-refractivity contribution in [3.63, 3.8) is 0 Å². The van der Waals surface area contributed by atoms with E-state index in [2.05, 4.69) is 41.1 Å². The van der Waals surface area contributed by atoms with E-state index in [0.717, 1.165) is 6.61 Å². The number of aryl methyl sites for hydroxylation is 1. The average molecular weight is 213 g/mol. The third-order valence-electron chi connectivity index (χ3n) is 1.89. The molecule has 0 bridgehead atoms. The highest BCUT2D eigenvalue weighted by Gasteiger charge is 2.24. The molecule has 2 rings (SSSR count). The third kappa shape index (κ3) is 1.47. The Balaban J connectivity index is 2.36. The summed E-state index contributed by atoms with van der Waals surface area (Å²) in [6.45, 7) is 2.98. The molecular formula is C9H9BrO. The fourth-order valence-corrected chi connectivity index (χ4v) is 1.36. The van der Waals surface area contributed by atoms with Crippen LogP contribution in [0.15, 0.2) is 22.7 Å². The zero-order chi connectivity index (χ0) is 7.84. The van der Waals surface area contributed by atoms with Gasteiger partial charge in [-0.25, -0.2) is 0 Å². The van der Waals surface area contributed by atoms with Gasteiger partial charge in [-0.15, -0.1) is 0 Å². The maximum Gasteiger partial charge on any atom is 0.106 e. The largest absolute Gasteiger partial charge is 0.368 e. The van der Waals surface area contributed by atoms with Gasteiger partial charge in [0.25, 0.3) is 0 Å². The summed E-state index contributed by atoms with van der Waals surface area (Å²) in [5, 5.41) is 0.